The number of amides is 2. The number of carbonyl (C=O) groups is 2. The molecule has 1 aliphatic heterocycles. The molecule has 1 unspecified atom stereocenters. The van der Waals surface area contributed by atoms with Crippen LogP contribution < -0.4 is 5.32 Å². The fraction of sp³-hybridized carbons (Fsp3) is 0.333. The molecule has 1 saturated heterocycles. The van der Waals surface area contributed by atoms with Crippen molar-refractivity contribution in [3.05, 3.63) is 35.9 Å². The summed E-state index contributed by atoms with van der Waals surface area (Å²) in [7, 11) is 0. The molecule has 0 saturated carbocycles. The largest absolute Gasteiger partial charge is 0.478 e. The molecule has 2 amide bonds. The van der Waals surface area contributed by atoms with Crippen molar-refractivity contribution in [2.45, 2.75) is 13.0 Å². The van der Waals surface area contributed by atoms with Gasteiger partial charge in [-0.3, -0.25) is 0 Å². The van der Waals surface area contributed by atoms with Crippen LogP contribution in [0.4, 0.5) is 10.5 Å². The van der Waals surface area contributed by atoms with Gasteiger partial charge in [0.15, 0.2) is 0 Å². The van der Waals surface area contributed by atoms with Gasteiger partial charge in [-0.1, -0.05) is 12.1 Å². The first-order valence-corrected chi connectivity index (χ1v) is 7.88. The van der Waals surface area contributed by atoms with Gasteiger partial charge in [0.1, 0.15) is 0 Å². The molecule has 1 fully saturated rings. The Hall–Kier alpha value is -1.95. The highest BCUT2D eigenvalue weighted by Gasteiger charge is 2.23. The van der Waals surface area contributed by atoms with Gasteiger partial charge < -0.3 is 15.3 Å². The van der Waals surface area contributed by atoms with Crippen LogP contribution in [-0.4, -0.2) is 46.1 Å². The van der Waals surface area contributed by atoms with Crippen molar-refractivity contribution in [2.24, 2.45) is 0 Å². The minimum absolute atomic E-state index is 0.109. The van der Waals surface area contributed by atoms with Crippen LogP contribution in [0.1, 0.15) is 12.5 Å². The summed E-state index contributed by atoms with van der Waals surface area (Å²) in [5, 5.41) is 11.5. The molecule has 0 aromatic heterocycles. The molecular weight excluding hydrogens is 288 g/mol. The van der Waals surface area contributed by atoms with Crippen LogP contribution >= 0.6 is 11.8 Å². The van der Waals surface area contributed by atoms with E-state index >= 15 is 0 Å². The second kappa shape index (κ2) is 7.17. The molecule has 6 heteroatoms. The number of nitrogens with zero attached hydrogens (tertiary/aromatic N) is 1. The van der Waals surface area contributed by atoms with E-state index in [1.807, 2.05) is 23.6 Å². The van der Waals surface area contributed by atoms with Gasteiger partial charge in [-0.25, -0.2) is 9.59 Å². The summed E-state index contributed by atoms with van der Waals surface area (Å²) in [6.07, 6.45) is 2.57. The van der Waals surface area contributed by atoms with Crippen LogP contribution in [0.15, 0.2) is 30.3 Å². The molecule has 1 atom stereocenters. The van der Waals surface area contributed by atoms with Gasteiger partial charge in [0.2, 0.25) is 0 Å². The molecule has 2 rings (SSSR count). The van der Waals surface area contributed by atoms with Crippen molar-refractivity contribution in [3.8, 4) is 0 Å². The van der Waals surface area contributed by atoms with Crippen molar-refractivity contribution in [1.29, 1.82) is 0 Å². The summed E-state index contributed by atoms with van der Waals surface area (Å²) in [5.41, 5.74) is 1.40. The topological polar surface area (TPSA) is 69.6 Å². The van der Waals surface area contributed by atoms with E-state index in [0.29, 0.717) is 5.69 Å². The molecule has 1 aromatic rings. The number of hydrogen-bond donors (Lipinski definition) is 2. The van der Waals surface area contributed by atoms with E-state index in [9.17, 15) is 9.59 Å². The van der Waals surface area contributed by atoms with E-state index in [4.69, 9.17) is 5.11 Å². The molecule has 5 nitrogen and oxygen atoms in total. The third-order valence-electron chi connectivity index (χ3n) is 3.18. The number of thioether (sulfide) groups is 1. The molecular formula is C15H18N2O3S. The summed E-state index contributed by atoms with van der Waals surface area (Å²) >= 11 is 1.86. The predicted molar refractivity (Wildman–Crippen MR) is 85.6 cm³/mol. The molecule has 1 aromatic carbocycles. The van der Waals surface area contributed by atoms with Gasteiger partial charge in [-0.15, -0.1) is 0 Å². The molecule has 112 valence electrons. The summed E-state index contributed by atoms with van der Waals surface area (Å²) in [6.45, 7) is 2.79. The standard InChI is InChI=1S/C15H18N2O3S/c1-11-10-21-8-7-17(11)15(20)16-13-4-2-3-12(9-13)5-6-14(18)19/h2-6,9,11H,7-8,10H2,1H3,(H,16,20)(H,18,19)/b6-5+. The first kappa shape index (κ1) is 15.4. The first-order chi connectivity index (χ1) is 10.1. The van der Waals surface area contributed by atoms with Crippen molar-refractivity contribution >= 4 is 35.5 Å². The van der Waals surface area contributed by atoms with Crippen molar-refractivity contribution in [1.82, 2.24) is 4.90 Å². The molecule has 2 N–H and O–H groups in total. The Labute approximate surface area is 128 Å². The van der Waals surface area contributed by atoms with Gasteiger partial charge in [-0.2, -0.15) is 11.8 Å². The normalized spacial score (nSPS) is 18.7. The molecule has 1 heterocycles. The Kier molecular flexibility index (Phi) is 5.27. The summed E-state index contributed by atoms with van der Waals surface area (Å²) in [6, 6.07) is 7.23. The quantitative estimate of drug-likeness (QED) is 0.843. The number of anilines is 1. The number of nitrogens with one attached hydrogen (secondary N) is 1. The number of rotatable bonds is 3. The maximum absolute atomic E-state index is 12.2. The Balaban J connectivity index is 2.03. The van der Waals surface area contributed by atoms with Crippen LogP contribution in [0.5, 0.6) is 0 Å². The second-order valence-corrected chi connectivity index (χ2v) is 5.99. The lowest BCUT2D eigenvalue weighted by Crippen LogP contribution is -2.46. The van der Waals surface area contributed by atoms with Crippen molar-refractivity contribution in [2.75, 3.05) is 23.4 Å². The number of benzene rings is 1. The molecule has 0 radical (unpaired) electrons. The molecule has 1 aliphatic rings. The summed E-state index contributed by atoms with van der Waals surface area (Å²) in [5.74, 6) is 0.914. The second-order valence-electron chi connectivity index (χ2n) is 4.84. The minimum Gasteiger partial charge on any atom is -0.478 e. The summed E-state index contributed by atoms with van der Waals surface area (Å²) in [4.78, 5) is 24.6. The summed E-state index contributed by atoms with van der Waals surface area (Å²) < 4.78 is 0. The Morgan fingerprint density at radius 2 is 2.29 bits per heavy atom. The van der Waals surface area contributed by atoms with Gasteiger partial charge >= 0.3 is 12.0 Å². The highest BCUT2D eigenvalue weighted by molar-refractivity contribution is 7.99. The Morgan fingerprint density at radius 3 is 3.00 bits per heavy atom. The van der Waals surface area contributed by atoms with Gasteiger partial charge in [0.05, 0.1) is 0 Å². The van der Waals surface area contributed by atoms with Gasteiger partial charge in [0, 0.05) is 35.9 Å². The molecule has 0 spiro atoms. The van der Waals surface area contributed by atoms with Crippen molar-refractivity contribution in [3.63, 3.8) is 0 Å². The number of urea groups is 1. The van der Waals surface area contributed by atoms with Crippen molar-refractivity contribution < 1.29 is 14.7 Å². The third kappa shape index (κ3) is 4.53. The number of carbonyl (C=O) groups excluding carboxylic acids is 1. The smallest absolute Gasteiger partial charge is 0.328 e. The molecule has 0 aliphatic carbocycles. The highest BCUT2D eigenvalue weighted by atomic mass is 32.2. The number of carboxylic acid groups (broad SMARTS) is 1. The van der Waals surface area contributed by atoms with E-state index in [1.54, 1.807) is 24.3 Å². The van der Waals surface area contributed by atoms with Crippen LogP contribution in [0.2, 0.25) is 0 Å². The average Bonchev–Trinajstić information content (AvgIpc) is 2.46. The number of aliphatic carboxylic acids is 1. The SMILES string of the molecule is CC1CSCCN1C(=O)Nc1cccc(/C=C/C(=O)O)c1. The van der Waals surface area contributed by atoms with E-state index in [0.717, 1.165) is 29.7 Å². The zero-order valence-corrected chi connectivity index (χ0v) is 12.6. The fourth-order valence-electron chi connectivity index (χ4n) is 2.11. The van der Waals surface area contributed by atoms with Gasteiger partial charge in [0.25, 0.3) is 0 Å². The monoisotopic (exact) mass is 306 g/mol. The third-order valence-corrected chi connectivity index (χ3v) is 4.37. The van der Waals surface area contributed by atoms with Crippen LogP contribution in [-0.2, 0) is 4.79 Å². The lowest BCUT2D eigenvalue weighted by atomic mass is 10.2. The maximum atomic E-state index is 12.2. The van der Waals surface area contributed by atoms with E-state index < -0.39 is 5.97 Å². The fourth-order valence-corrected chi connectivity index (χ4v) is 3.13. The highest BCUT2D eigenvalue weighted by Crippen LogP contribution is 2.18. The van der Waals surface area contributed by atoms with E-state index in [2.05, 4.69) is 5.32 Å². The average molecular weight is 306 g/mol. The number of carboxylic acids is 1. The lowest BCUT2D eigenvalue weighted by Gasteiger charge is -2.33. The zero-order chi connectivity index (χ0) is 15.2. The van der Waals surface area contributed by atoms with Crippen LogP contribution in [0.3, 0.4) is 0 Å². The van der Waals surface area contributed by atoms with E-state index in [-0.39, 0.29) is 12.1 Å². The van der Waals surface area contributed by atoms with E-state index in [1.165, 1.54) is 6.08 Å². The van der Waals surface area contributed by atoms with Gasteiger partial charge in [-0.05, 0) is 30.7 Å². The zero-order valence-electron chi connectivity index (χ0n) is 11.8. The predicted octanol–water partition coefficient (Wildman–Crippen LogP) is 2.75. The molecule has 0 bridgehead atoms. The molecule has 21 heavy (non-hydrogen) atoms. The first-order valence-electron chi connectivity index (χ1n) is 6.72. The Bertz CT molecular complexity index is 560. The Morgan fingerprint density at radius 1 is 1.48 bits per heavy atom. The maximum Gasteiger partial charge on any atom is 0.328 e. The lowest BCUT2D eigenvalue weighted by molar-refractivity contribution is -0.131. The van der Waals surface area contributed by atoms with Crippen LogP contribution in [0.25, 0.3) is 6.08 Å². The van der Waals surface area contributed by atoms with Crippen LogP contribution in [0, 0.1) is 0 Å². The minimum atomic E-state index is -0.996. The number of hydrogen-bond acceptors (Lipinski definition) is 3.